The van der Waals surface area contributed by atoms with E-state index in [-0.39, 0.29) is 60.6 Å². The van der Waals surface area contributed by atoms with Crippen molar-refractivity contribution >= 4 is 46.1 Å². The van der Waals surface area contributed by atoms with Gasteiger partial charge in [0.25, 0.3) is 11.5 Å². The van der Waals surface area contributed by atoms with Gasteiger partial charge in [0, 0.05) is 38.3 Å². The summed E-state index contributed by atoms with van der Waals surface area (Å²) in [4.78, 5) is 48.2. The Labute approximate surface area is 285 Å². The SMILES string of the molecule is CCc1c(N2CCN(C(=O)c3c(O)cc(F)cc3F)CC2)c(=O)n2nc(C3=CCOCC3)nc2n1CC(=O)Nc1ccc(C(F)(F)F)cc1Cl. The number of fused-ring (bicyclic) bond motifs is 1. The summed E-state index contributed by atoms with van der Waals surface area (Å²) in [6.45, 7) is 2.22. The number of alkyl halides is 3. The number of carbonyl (C=O) groups is 2. The first-order valence-corrected chi connectivity index (χ1v) is 15.8. The van der Waals surface area contributed by atoms with Crippen molar-refractivity contribution in [1.82, 2.24) is 24.1 Å². The summed E-state index contributed by atoms with van der Waals surface area (Å²) in [6.07, 6.45) is -2.15. The molecule has 0 saturated carbocycles. The Balaban J connectivity index is 1.35. The maximum atomic E-state index is 14.5. The highest BCUT2D eigenvalue weighted by atomic mass is 35.5. The van der Waals surface area contributed by atoms with Gasteiger partial charge in [-0.05, 0) is 36.6 Å². The molecule has 0 radical (unpaired) electrons. The van der Waals surface area contributed by atoms with Crippen molar-refractivity contribution in [3.05, 3.63) is 86.1 Å². The molecule has 12 nitrogen and oxygen atoms in total. The molecule has 4 heterocycles. The molecule has 0 unspecified atom stereocenters. The first kappa shape index (κ1) is 34.8. The third kappa shape index (κ3) is 6.74. The number of rotatable bonds is 7. The summed E-state index contributed by atoms with van der Waals surface area (Å²) in [6, 6.07) is 3.67. The van der Waals surface area contributed by atoms with Crippen LogP contribution in [-0.2, 0) is 28.7 Å². The second-order valence-electron chi connectivity index (χ2n) is 11.5. The number of halogens is 6. The zero-order valence-corrected chi connectivity index (χ0v) is 27.1. The fourth-order valence-corrected chi connectivity index (χ4v) is 6.21. The van der Waals surface area contributed by atoms with Gasteiger partial charge in [0.15, 0.2) is 5.82 Å². The van der Waals surface area contributed by atoms with E-state index < -0.39 is 58.6 Å². The summed E-state index contributed by atoms with van der Waals surface area (Å²) < 4.78 is 75.4. The van der Waals surface area contributed by atoms with Crippen molar-refractivity contribution in [2.45, 2.75) is 32.5 Å². The number of aromatic nitrogens is 4. The zero-order chi connectivity index (χ0) is 35.9. The number of benzene rings is 2. The number of nitrogens with one attached hydrogen (secondary N) is 1. The molecule has 18 heteroatoms. The summed E-state index contributed by atoms with van der Waals surface area (Å²) in [7, 11) is 0. The van der Waals surface area contributed by atoms with Crippen LogP contribution in [0.15, 0.2) is 41.2 Å². The highest BCUT2D eigenvalue weighted by Crippen LogP contribution is 2.34. The molecule has 1 saturated heterocycles. The Hall–Kier alpha value is -5.03. The molecule has 4 aromatic rings. The van der Waals surface area contributed by atoms with Crippen LogP contribution in [0.3, 0.4) is 0 Å². The number of hydrogen-bond acceptors (Lipinski definition) is 8. The van der Waals surface area contributed by atoms with E-state index in [0.717, 1.165) is 22.2 Å². The molecular formula is C32H29ClF5N7O5. The normalized spacial score (nSPS) is 15.4. The van der Waals surface area contributed by atoms with Gasteiger partial charge in [-0.25, -0.2) is 8.78 Å². The van der Waals surface area contributed by atoms with Gasteiger partial charge in [0.1, 0.15) is 35.2 Å². The quantitative estimate of drug-likeness (QED) is 0.267. The van der Waals surface area contributed by atoms with Gasteiger partial charge in [-0.2, -0.15) is 22.7 Å². The van der Waals surface area contributed by atoms with Gasteiger partial charge >= 0.3 is 6.18 Å². The van der Waals surface area contributed by atoms with Crippen LogP contribution in [0.4, 0.5) is 33.3 Å². The molecule has 2 N–H and O–H groups in total. The first-order valence-electron chi connectivity index (χ1n) is 15.4. The molecule has 6 rings (SSSR count). The van der Waals surface area contributed by atoms with E-state index >= 15 is 0 Å². The standard InChI is InChI=1S/C32H29ClF5N7O5/c1-2-23-27(42-7-9-43(10-8-42)29(48)26-21(35)14-19(34)15-24(26)46)30(49)45-31(40-28(41-45)17-5-11-50-12-6-17)44(23)16-25(47)39-22-4-3-18(13-20(22)33)32(36,37)38/h3-5,13-15,46H,2,6-12,16H2,1H3,(H,39,47). The number of phenolic OH excluding ortho intramolecular Hbond substituents is 1. The van der Waals surface area contributed by atoms with E-state index in [9.17, 15) is 41.4 Å². The van der Waals surface area contributed by atoms with E-state index in [0.29, 0.717) is 43.5 Å². The molecular weight excluding hydrogens is 693 g/mol. The van der Waals surface area contributed by atoms with Crippen molar-refractivity contribution in [3.8, 4) is 5.75 Å². The highest BCUT2D eigenvalue weighted by Gasteiger charge is 2.33. The maximum Gasteiger partial charge on any atom is 0.416 e. The molecule has 2 aliphatic heterocycles. The number of ether oxygens (including phenoxy) is 1. The third-order valence-electron chi connectivity index (χ3n) is 8.41. The van der Waals surface area contributed by atoms with Gasteiger partial charge in [-0.15, -0.1) is 5.10 Å². The predicted octanol–water partition coefficient (Wildman–Crippen LogP) is 4.51. The maximum absolute atomic E-state index is 14.5. The second-order valence-corrected chi connectivity index (χ2v) is 12.0. The zero-order valence-electron chi connectivity index (χ0n) is 26.4. The molecule has 2 amide bonds. The molecule has 264 valence electrons. The van der Waals surface area contributed by atoms with Gasteiger partial charge in [0.05, 0.1) is 35.2 Å². The molecule has 2 aromatic carbocycles. The fraction of sp³-hybridized carbons (Fsp3) is 0.344. The Morgan fingerprint density at radius 3 is 2.46 bits per heavy atom. The smallest absolute Gasteiger partial charge is 0.416 e. The summed E-state index contributed by atoms with van der Waals surface area (Å²) in [5.74, 6) is -4.33. The first-order chi connectivity index (χ1) is 23.8. The van der Waals surface area contributed by atoms with Crippen LogP contribution in [0.25, 0.3) is 11.4 Å². The number of nitrogens with zero attached hydrogens (tertiary/aromatic N) is 6. The number of phenols is 1. The van der Waals surface area contributed by atoms with E-state index in [1.54, 1.807) is 17.9 Å². The molecule has 0 spiro atoms. The average Bonchev–Trinajstić information content (AvgIpc) is 3.52. The van der Waals surface area contributed by atoms with Crippen LogP contribution in [0.1, 0.15) is 40.8 Å². The monoisotopic (exact) mass is 721 g/mol. The number of aromatic hydroxyl groups is 1. The number of piperazine rings is 1. The predicted molar refractivity (Wildman–Crippen MR) is 171 cm³/mol. The van der Waals surface area contributed by atoms with Crippen molar-refractivity contribution in [2.24, 2.45) is 0 Å². The lowest BCUT2D eigenvalue weighted by Crippen LogP contribution is -2.51. The van der Waals surface area contributed by atoms with E-state index in [1.807, 2.05) is 0 Å². The molecule has 0 bridgehead atoms. The second kappa shape index (κ2) is 13.7. The van der Waals surface area contributed by atoms with Crippen LogP contribution in [0, 0.1) is 11.6 Å². The van der Waals surface area contributed by atoms with Gasteiger partial charge in [0.2, 0.25) is 11.7 Å². The number of anilines is 2. The van der Waals surface area contributed by atoms with Gasteiger partial charge in [-0.3, -0.25) is 14.4 Å². The highest BCUT2D eigenvalue weighted by molar-refractivity contribution is 6.33. The largest absolute Gasteiger partial charge is 0.507 e. The number of carbonyl (C=O) groups excluding carboxylic acids is 2. The lowest BCUT2D eigenvalue weighted by atomic mass is 10.1. The molecule has 2 aromatic heterocycles. The van der Waals surface area contributed by atoms with E-state index in [2.05, 4.69) is 15.4 Å². The molecule has 0 aliphatic carbocycles. The third-order valence-corrected chi connectivity index (χ3v) is 8.73. The van der Waals surface area contributed by atoms with Crippen LogP contribution in [-0.4, -0.2) is 80.4 Å². The number of hydrogen-bond donors (Lipinski definition) is 2. The lowest BCUT2D eigenvalue weighted by Gasteiger charge is -2.37. The Kier molecular flexibility index (Phi) is 9.54. The Morgan fingerprint density at radius 2 is 1.84 bits per heavy atom. The topological polar surface area (TPSA) is 134 Å². The van der Waals surface area contributed by atoms with Gasteiger partial charge < -0.3 is 29.5 Å². The van der Waals surface area contributed by atoms with E-state index in [4.69, 9.17) is 16.3 Å². The summed E-state index contributed by atoms with van der Waals surface area (Å²) >= 11 is 6.08. The Bertz CT molecular complexity index is 2070. The van der Waals surface area contributed by atoms with Crippen molar-refractivity contribution in [3.63, 3.8) is 0 Å². The van der Waals surface area contributed by atoms with Gasteiger partial charge in [-0.1, -0.05) is 24.6 Å². The van der Waals surface area contributed by atoms with Crippen molar-refractivity contribution in [2.75, 3.05) is 49.6 Å². The van der Waals surface area contributed by atoms with Crippen molar-refractivity contribution in [1.29, 1.82) is 0 Å². The minimum Gasteiger partial charge on any atom is -0.507 e. The van der Waals surface area contributed by atoms with Crippen molar-refractivity contribution < 1.29 is 41.4 Å². The Morgan fingerprint density at radius 1 is 1.10 bits per heavy atom. The number of amides is 2. The van der Waals surface area contributed by atoms with E-state index in [1.165, 1.54) is 9.47 Å². The minimum absolute atomic E-state index is 0.00186. The molecule has 1 fully saturated rings. The average molecular weight is 722 g/mol. The molecule has 50 heavy (non-hydrogen) atoms. The summed E-state index contributed by atoms with van der Waals surface area (Å²) in [5.41, 5.74) is -0.977. The van der Waals surface area contributed by atoms with Crippen LogP contribution in [0.2, 0.25) is 5.02 Å². The van der Waals surface area contributed by atoms with Crippen LogP contribution in [0.5, 0.6) is 5.75 Å². The molecule has 2 aliphatic rings. The van der Waals surface area contributed by atoms with Crippen LogP contribution < -0.4 is 15.8 Å². The minimum atomic E-state index is -4.64. The fourth-order valence-electron chi connectivity index (χ4n) is 5.98. The summed E-state index contributed by atoms with van der Waals surface area (Å²) in [5, 5.41) is 16.7. The van der Waals surface area contributed by atoms with Crippen LogP contribution >= 0.6 is 11.6 Å². The molecule has 0 atom stereocenters. The lowest BCUT2D eigenvalue weighted by molar-refractivity contribution is -0.137.